The molecular formula is C24H31N3O3Si. The highest BCUT2D eigenvalue weighted by Gasteiger charge is 2.53. The molecule has 1 aliphatic rings. The monoisotopic (exact) mass is 440 g/mol. The zero-order valence-electron chi connectivity index (χ0n) is 21.1. The zero-order chi connectivity index (χ0) is 24.6. The summed E-state index contributed by atoms with van der Waals surface area (Å²) in [6, 6.07) is 20.7. The smallest absolute Gasteiger partial charge is 0.261 e. The van der Waals surface area contributed by atoms with E-state index in [1.54, 1.807) is 0 Å². The van der Waals surface area contributed by atoms with Gasteiger partial charge in [-0.1, -0.05) is 81.4 Å². The van der Waals surface area contributed by atoms with Gasteiger partial charge in [0.1, 0.15) is 11.8 Å². The van der Waals surface area contributed by atoms with Gasteiger partial charge >= 0.3 is 0 Å². The Morgan fingerprint density at radius 3 is 2.13 bits per heavy atom. The predicted octanol–water partition coefficient (Wildman–Crippen LogP) is 2.73. The van der Waals surface area contributed by atoms with Crippen LogP contribution in [0.25, 0.3) is 0 Å². The van der Waals surface area contributed by atoms with Gasteiger partial charge in [0, 0.05) is 11.1 Å². The van der Waals surface area contributed by atoms with Gasteiger partial charge in [0.2, 0.25) is 0 Å². The number of hydrogen-bond acceptors (Lipinski definition) is 5. The summed E-state index contributed by atoms with van der Waals surface area (Å²) in [4.78, 5) is 0. The van der Waals surface area contributed by atoms with Gasteiger partial charge in [0.05, 0.1) is 19.4 Å². The van der Waals surface area contributed by atoms with Crippen LogP contribution in [0.4, 0.5) is 5.69 Å². The second-order valence-electron chi connectivity index (χ2n) is 8.85. The lowest BCUT2D eigenvalue weighted by Gasteiger charge is -2.45. The van der Waals surface area contributed by atoms with Crippen molar-refractivity contribution in [1.82, 2.24) is 9.78 Å². The van der Waals surface area contributed by atoms with Gasteiger partial charge in [-0.3, -0.25) is 4.68 Å². The van der Waals surface area contributed by atoms with E-state index in [-0.39, 0.29) is 22.7 Å². The summed E-state index contributed by atoms with van der Waals surface area (Å²) in [5, 5.41) is 6.16. The van der Waals surface area contributed by atoms with Gasteiger partial charge < -0.3 is 19.6 Å². The number of rotatable bonds is 6. The molecular weight excluding hydrogens is 406 g/mol. The second-order valence-corrected chi connectivity index (χ2v) is 13.1. The second kappa shape index (κ2) is 8.49. The molecule has 31 heavy (non-hydrogen) atoms. The highest BCUT2D eigenvalue weighted by atomic mass is 28.4. The first-order valence-corrected chi connectivity index (χ1v) is 12.3. The molecule has 1 aromatic heterocycles. The Kier molecular flexibility index (Phi) is 4.93. The molecule has 164 valence electrons. The summed E-state index contributed by atoms with van der Waals surface area (Å²) in [5.41, 5.74) is 6.17. The van der Waals surface area contributed by atoms with Gasteiger partial charge in [-0.2, -0.15) is 0 Å². The minimum atomic E-state index is -2.82. The maximum absolute atomic E-state index is 7.56. The first kappa shape index (κ1) is 18.0. The summed E-state index contributed by atoms with van der Waals surface area (Å²) >= 11 is 0. The van der Waals surface area contributed by atoms with Crippen LogP contribution in [-0.2, 0) is 16.1 Å². The van der Waals surface area contributed by atoms with Crippen LogP contribution in [0, 0.1) is 0 Å². The van der Waals surface area contributed by atoms with Gasteiger partial charge in [-0.15, -0.1) is 5.10 Å². The fraction of sp³-hybridized carbons (Fsp3) is 0.375. The summed E-state index contributed by atoms with van der Waals surface area (Å²) in [6.45, 7) is 4.84. The van der Waals surface area contributed by atoms with Crippen LogP contribution >= 0.6 is 0 Å². The molecule has 4 rings (SSSR count). The van der Waals surface area contributed by atoms with Crippen LogP contribution in [0.15, 0.2) is 66.9 Å². The Morgan fingerprint density at radius 1 is 1.03 bits per heavy atom. The van der Waals surface area contributed by atoms with E-state index in [9.17, 15) is 0 Å². The number of aryl methyl sites for hydroxylation is 1. The minimum Gasteiger partial charge on any atom is -0.467 e. The molecule has 0 radical (unpaired) electrons. The zero-order valence-corrected chi connectivity index (χ0v) is 19.1. The van der Waals surface area contributed by atoms with E-state index in [4.69, 9.17) is 23.7 Å². The molecule has 6 nitrogen and oxygen atoms in total. The average molecular weight is 441 g/mol. The molecule has 0 unspecified atom stereocenters. The van der Waals surface area contributed by atoms with Crippen molar-refractivity contribution in [2.75, 3.05) is 18.9 Å². The SMILES string of the molecule is [2H]C([2H])([2H])n1cc(N)c(O[C@@H]2COC[C@@H]2O[Si](c2ccccc2)(c2ccccc2)C(C)(C)C)n1. The minimum absolute atomic E-state index is 0.0719. The summed E-state index contributed by atoms with van der Waals surface area (Å²) in [5.74, 6) is 0.0719. The number of anilines is 1. The molecule has 0 spiro atoms. The molecule has 2 atom stereocenters. The molecule has 0 saturated carbocycles. The van der Waals surface area contributed by atoms with Crippen molar-refractivity contribution in [2.45, 2.75) is 38.0 Å². The van der Waals surface area contributed by atoms with Crippen molar-refractivity contribution >= 4 is 24.4 Å². The van der Waals surface area contributed by atoms with Crippen molar-refractivity contribution in [3.8, 4) is 5.88 Å². The van der Waals surface area contributed by atoms with Crippen molar-refractivity contribution in [2.24, 2.45) is 6.98 Å². The van der Waals surface area contributed by atoms with E-state index in [0.29, 0.717) is 13.2 Å². The fourth-order valence-corrected chi connectivity index (χ4v) is 8.95. The molecule has 0 amide bonds. The average Bonchev–Trinajstić information content (AvgIpc) is 3.38. The van der Waals surface area contributed by atoms with E-state index in [1.807, 2.05) is 36.4 Å². The van der Waals surface area contributed by atoms with Gasteiger partial charge in [0.15, 0.2) is 6.10 Å². The number of nitrogens with zero attached hydrogens (tertiary/aromatic N) is 2. The molecule has 1 aliphatic heterocycles. The number of ether oxygens (including phenoxy) is 2. The third-order valence-corrected chi connectivity index (χ3v) is 10.8. The molecule has 7 heteroatoms. The number of hydrogen-bond donors (Lipinski definition) is 1. The van der Waals surface area contributed by atoms with Crippen molar-refractivity contribution < 1.29 is 18.0 Å². The lowest BCUT2D eigenvalue weighted by Crippen LogP contribution is -2.68. The van der Waals surface area contributed by atoms with Crippen LogP contribution in [0.3, 0.4) is 0 Å². The van der Waals surface area contributed by atoms with E-state index in [0.717, 1.165) is 15.1 Å². The fourth-order valence-electron chi connectivity index (χ4n) is 4.26. The predicted molar refractivity (Wildman–Crippen MR) is 125 cm³/mol. The Morgan fingerprint density at radius 2 is 1.61 bits per heavy atom. The topological polar surface area (TPSA) is 71.5 Å². The standard InChI is InChI=1S/C24H31N3O3Si/c1-24(2,3)31(18-11-7-5-8-12-18,19-13-9-6-10-14-19)30-22-17-28-16-21(22)29-23-20(25)15-27(4)26-23/h5-15,21-22H,16-17,25H2,1-4H3/t21-,22+/m1/s1/i4D3. The Balaban J connectivity index is 1.71. The van der Waals surface area contributed by atoms with E-state index < -0.39 is 21.4 Å². The number of nitrogens with two attached hydrogens (primary N) is 1. The summed E-state index contributed by atoms with van der Waals surface area (Å²) in [7, 11) is -2.82. The Labute approximate surface area is 189 Å². The molecule has 2 aromatic carbocycles. The van der Waals surface area contributed by atoms with Crippen LogP contribution in [0.5, 0.6) is 5.88 Å². The van der Waals surface area contributed by atoms with Crippen molar-refractivity contribution in [1.29, 1.82) is 0 Å². The maximum atomic E-state index is 7.56. The molecule has 0 bridgehead atoms. The number of benzene rings is 2. The lowest BCUT2D eigenvalue weighted by molar-refractivity contribution is 0.0808. The van der Waals surface area contributed by atoms with E-state index in [2.05, 4.69) is 50.1 Å². The lowest BCUT2D eigenvalue weighted by atomic mass is 10.2. The van der Waals surface area contributed by atoms with Gasteiger partial charge in [-0.25, -0.2) is 0 Å². The van der Waals surface area contributed by atoms with E-state index in [1.165, 1.54) is 6.20 Å². The van der Waals surface area contributed by atoms with Gasteiger partial charge in [0.25, 0.3) is 14.2 Å². The number of nitrogen functional groups attached to an aromatic ring is 1. The third kappa shape index (κ3) is 4.13. The molecule has 2 heterocycles. The first-order valence-electron chi connectivity index (χ1n) is 11.9. The molecule has 0 aliphatic carbocycles. The molecule has 1 saturated heterocycles. The van der Waals surface area contributed by atoms with E-state index >= 15 is 0 Å². The highest BCUT2D eigenvalue weighted by molar-refractivity contribution is 6.99. The van der Waals surface area contributed by atoms with Crippen LogP contribution < -0.4 is 20.8 Å². The number of aromatic nitrogens is 2. The molecule has 2 N–H and O–H groups in total. The largest absolute Gasteiger partial charge is 0.467 e. The summed E-state index contributed by atoms with van der Waals surface area (Å²) in [6.07, 6.45) is 0.392. The maximum Gasteiger partial charge on any atom is 0.261 e. The normalized spacial score (nSPS) is 21.3. The highest BCUT2D eigenvalue weighted by Crippen LogP contribution is 2.38. The molecule has 1 fully saturated rings. The van der Waals surface area contributed by atoms with Crippen molar-refractivity contribution in [3.05, 3.63) is 66.9 Å². The third-order valence-electron chi connectivity index (χ3n) is 5.69. The summed E-state index contributed by atoms with van der Waals surface area (Å²) < 4.78 is 42.5. The quantitative estimate of drug-likeness (QED) is 0.597. The van der Waals surface area contributed by atoms with Gasteiger partial charge in [-0.05, 0) is 15.4 Å². The van der Waals surface area contributed by atoms with Crippen molar-refractivity contribution in [3.63, 3.8) is 0 Å². The Hall–Kier alpha value is -2.61. The van der Waals surface area contributed by atoms with Crippen LogP contribution in [0.2, 0.25) is 5.04 Å². The van der Waals surface area contributed by atoms with Crippen LogP contribution in [-0.4, -0.2) is 43.5 Å². The Bertz CT molecular complexity index is 1060. The molecule has 3 aromatic rings. The first-order chi connectivity index (χ1) is 16.0. The van der Waals surface area contributed by atoms with Crippen LogP contribution in [0.1, 0.15) is 24.9 Å².